The molecule has 0 saturated heterocycles. The van der Waals surface area contributed by atoms with Crippen LogP contribution < -0.4 is 0 Å². The summed E-state index contributed by atoms with van der Waals surface area (Å²) in [7, 11) is 0. The molecular weight excluding hydrogens is 713 g/mol. The van der Waals surface area contributed by atoms with Gasteiger partial charge >= 0.3 is 11.9 Å². The Morgan fingerprint density at radius 1 is 0.276 bits per heavy atom. The molecule has 2 N–H and O–H groups in total. The molecule has 4 heteroatoms. The summed E-state index contributed by atoms with van der Waals surface area (Å²) in [4.78, 5) is 23.7. The molecule has 0 atom stereocenters. The van der Waals surface area contributed by atoms with Crippen LogP contribution in [0.5, 0.6) is 0 Å². The molecule has 0 aliphatic rings. The molecular formula is C54H106O4. The number of hydrogen-bond acceptors (Lipinski definition) is 2. The molecule has 0 aromatic rings. The van der Waals surface area contributed by atoms with Gasteiger partial charge in [-0.25, -0.2) is 0 Å². The van der Waals surface area contributed by atoms with Gasteiger partial charge in [0.05, 0.1) is 5.41 Å². The van der Waals surface area contributed by atoms with E-state index in [2.05, 4.69) is 13.8 Å². The molecule has 0 heterocycles. The summed E-state index contributed by atoms with van der Waals surface area (Å²) in [5.41, 5.74) is -0.566. The van der Waals surface area contributed by atoms with Gasteiger partial charge in [0, 0.05) is 6.42 Å². The minimum Gasteiger partial charge on any atom is -0.481 e. The predicted molar refractivity (Wildman–Crippen MR) is 255 cm³/mol. The highest BCUT2D eigenvalue weighted by Gasteiger charge is 2.36. The van der Waals surface area contributed by atoms with E-state index in [0.29, 0.717) is 0 Å². The van der Waals surface area contributed by atoms with Crippen LogP contribution in [0.3, 0.4) is 0 Å². The summed E-state index contributed by atoms with van der Waals surface area (Å²) in [6.45, 7) is 4.59. The van der Waals surface area contributed by atoms with E-state index in [1.165, 1.54) is 244 Å². The van der Waals surface area contributed by atoms with Crippen molar-refractivity contribution in [1.29, 1.82) is 0 Å². The zero-order valence-corrected chi connectivity index (χ0v) is 39.9. The van der Waals surface area contributed by atoms with E-state index in [1.54, 1.807) is 0 Å². The van der Waals surface area contributed by atoms with Crippen molar-refractivity contribution in [2.75, 3.05) is 0 Å². The molecule has 346 valence electrons. The third-order valence-corrected chi connectivity index (χ3v) is 13.5. The molecule has 0 aromatic carbocycles. The van der Waals surface area contributed by atoms with Crippen molar-refractivity contribution in [3.8, 4) is 0 Å². The molecule has 0 bridgehead atoms. The highest BCUT2D eigenvalue weighted by Crippen LogP contribution is 2.38. The number of unbranched alkanes of at least 4 members (excludes halogenated alkanes) is 42. The first-order valence-corrected chi connectivity index (χ1v) is 26.9. The number of hydrogen-bond donors (Lipinski definition) is 2. The highest BCUT2D eigenvalue weighted by atomic mass is 16.4. The number of carboxylic acids is 2. The van der Waals surface area contributed by atoms with Crippen molar-refractivity contribution < 1.29 is 19.8 Å². The molecule has 58 heavy (non-hydrogen) atoms. The van der Waals surface area contributed by atoms with E-state index in [1.807, 2.05) is 0 Å². The lowest BCUT2D eigenvalue weighted by Gasteiger charge is -2.30. The standard InChI is InChI=1S/C54H106O4/c1-3-5-7-9-11-13-15-17-19-21-23-25-27-29-31-33-35-37-41-45-49-54(53(57)58,51-47-43-39-40-44-48-52(55)56)50-46-42-38-36-34-32-30-28-26-24-22-20-18-16-14-12-10-8-6-4-2/h3-51H2,1-2H3,(H,55,56)(H,57,58). The van der Waals surface area contributed by atoms with Gasteiger partial charge in [-0.15, -0.1) is 0 Å². The monoisotopic (exact) mass is 819 g/mol. The van der Waals surface area contributed by atoms with Crippen LogP contribution in [-0.2, 0) is 9.59 Å². The Hall–Kier alpha value is -1.06. The zero-order chi connectivity index (χ0) is 42.3. The Morgan fingerprint density at radius 3 is 0.621 bits per heavy atom. The van der Waals surface area contributed by atoms with Crippen molar-refractivity contribution >= 4 is 11.9 Å². The number of carboxylic acid groups (broad SMARTS) is 2. The highest BCUT2D eigenvalue weighted by molar-refractivity contribution is 5.74. The minimum absolute atomic E-state index is 0.248. The Kier molecular flexibility index (Phi) is 46.1. The van der Waals surface area contributed by atoms with E-state index < -0.39 is 17.4 Å². The largest absolute Gasteiger partial charge is 0.481 e. The van der Waals surface area contributed by atoms with E-state index in [9.17, 15) is 14.7 Å². The topological polar surface area (TPSA) is 74.6 Å². The maximum atomic E-state index is 12.9. The number of aliphatic carboxylic acids is 2. The van der Waals surface area contributed by atoms with Crippen LogP contribution in [-0.4, -0.2) is 22.2 Å². The van der Waals surface area contributed by atoms with Crippen LogP contribution in [0.1, 0.15) is 328 Å². The van der Waals surface area contributed by atoms with Crippen LogP contribution in [0, 0.1) is 5.41 Å². The molecule has 0 amide bonds. The van der Waals surface area contributed by atoms with Gasteiger partial charge in [-0.05, 0) is 25.7 Å². The lowest BCUT2D eigenvalue weighted by atomic mass is 9.74. The lowest BCUT2D eigenvalue weighted by Crippen LogP contribution is -2.31. The van der Waals surface area contributed by atoms with E-state index in [-0.39, 0.29) is 6.42 Å². The fourth-order valence-corrected chi connectivity index (χ4v) is 9.40. The summed E-state index contributed by atoms with van der Waals surface area (Å²) in [5, 5.41) is 19.5. The second-order valence-corrected chi connectivity index (χ2v) is 19.2. The van der Waals surface area contributed by atoms with Gasteiger partial charge in [0.1, 0.15) is 0 Å². The average molecular weight is 819 g/mol. The predicted octanol–water partition coefficient (Wildman–Crippen LogP) is 19.3. The molecule has 0 aromatic heterocycles. The normalized spacial score (nSPS) is 11.8. The second-order valence-electron chi connectivity index (χ2n) is 19.2. The van der Waals surface area contributed by atoms with Gasteiger partial charge in [0.25, 0.3) is 0 Å². The first-order chi connectivity index (χ1) is 28.5. The van der Waals surface area contributed by atoms with Crippen LogP contribution in [0.2, 0.25) is 0 Å². The van der Waals surface area contributed by atoms with Crippen molar-refractivity contribution in [1.82, 2.24) is 0 Å². The van der Waals surface area contributed by atoms with E-state index in [0.717, 1.165) is 64.2 Å². The molecule has 0 fully saturated rings. The third-order valence-electron chi connectivity index (χ3n) is 13.5. The minimum atomic E-state index is -0.713. The molecule has 0 unspecified atom stereocenters. The summed E-state index contributed by atoms with van der Waals surface area (Å²) in [5.74, 6) is -1.27. The third kappa shape index (κ3) is 41.7. The fourth-order valence-electron chi connectivity index (χ4n) is 9.40. The number of rotatable bonds is 51. The molecule has 4 nitrogen and oxygen atoms in total. The molecule has 0 spiro atoms. The van der Waals surface area contributed by atoms with Gasteiger partial charge in [-0.3, -0.25) is 9.59 Å². The van der Waals surface area contributed by atoms with Crippen molar-refractivity contribution in [3.63, 3.8) is 0 Å². The average Bonchev–Trinajstić information content (AvgIpc) is 3.21. The van der Waals surface area contributed by atoms with Crippen molar-refractivity contribution in [3.05, 3.63) is 0 Å². The van der Waals surface area contributed by atoms with Crippen molar-refractivity contribution in [2.24, 2.45) is 5.41 Å². The molecule has 0 radical (unpaired) electrons. The van der Waals surface area contributed by atoms with Gasteiger partial charge in [0.2, 0.25) is 0 Å². The molecule has 0 rings (SSSR count). The summed E-state index contributed by atoms with van der Waals surface area (Å²) >= 11 is 0. The Labute approximate surface area is 364 Å². The molecule has 0 aliphatic carbocycles. The quantitative estimate of drug-likeness (QED) is 0.0600. The van der Waals surface area contributed by atoms with E-state index in [4.69, 9.17) is 5.11 Å². The van der Waals surface area contributed by atoms with E-state index >= 15 is 0 Å². The zero-order valence-electron chi connectivity index (χ0n) is 39.9. The van der Waals surface area contributed by atoms with Gasteiger partial charge < -0.3 is 10.2 Å². The second kappa shape index (κ2) is 47.0. The summed E-state index contributed by atoms with van der Waals surface area (Å²) in [6, 6.07) is 0. The van der Waals surface area contributed by atoms with Crippen LogP contribution in [0.15, 0.2) is 0 Å². The first-order valence-electron chi connectivity index (χ1n) is 26.9. The summed E-state index contributed by atoms with van der Waals surface area (Å²) < 4.78 is 0. The first kappa shape index (κ1) is 56.9. The maximum Gasteiger partial charge on any atom is 0.309 e. The van der Waals surface area contributed by atoms with Crippen LogP contribution >= 0.6 is 0 Å². The van der Waals surface area contributed by atoms with Crippen LogP contribution in [0.4, 0.5) is 0 Å². The fraction of sp³-hybridized carbons (Fsp3) is 0.963. The van der Waals surface area contributed by atoms with Gasteiger partial charge in [0.15, 0.2) is 0 Å². The molecule has 0 aliphatic heterocycles. The Morgan fingerprint density at radius 2 is 0.448 bits per heavy atom. The Bertz CT molecular complexity index is 780. The smallest absolute Gasteiger partial charge is 0.309 e. The Balaban J connectivity index is 4.11. The summed E-state index contributed by atoms with van der Waals surface area (Å²) in [6.07, 6.45) is 62.1. The molecule has 0 saturated carbocycles. The van der Waals surface area contributed by atoms with Crippen molar-refractivity contribution in [2.45, 2.75) is 328 Å². The SMILES string of the molecule is CCCCCCCCCCCCCCCCCCCCCCC(CCCCCCCCCCCCCCCCCCCCCC)(CCCCCCCC(=O)O)C(=O)O. The number of carbonyl (C=O) groups is 2. The maximum absolute atomic E-state index is 12.9. The van der Waals surface area contributed by atoms with Gasteiger partial charge in [-0.1, -0.05) is 296 Å². The lowest BCUT2D eigenvalue weighted by molar-refractivity contribution is -0.151. The van der Waals surface area contributed by atoms with Gasteiger partial charge in [-0.2, -0.15) is 0 Å². The van der Waals surface area contributed by atoms with Crippen LogP contribution in [0.25, 0.3) is 0 Å².